The minimum Gasteiger partial charge on any atom is -0.388 e. The maximum absolute atomic E-state index is 11.9. The van der Waals surface area contributed by atoms with Gasteiger partial charge in [-0.1, -0.05) is 48.0 Å². The summed E-state index contributed by atoms with van der Waals surface area (Å²) in [4.78, 5) is 15.8. The van der Waals surface area contributed by atoms with E-state index >= 15 is 0 Å². The van der Waals surface area contributed by atoms with Crippen LogP contribution < -0.4 is 5.32 Å². The standard InChI is InChI=1S/C18H19ClN2O2/c1-13(11-16(22)15-5-3-2-4-6-15)21-18(23)10-8-14-7-9-17(19)20-12-14/h2-10,12-13,16,22H,11H2,1H3,(H,21,23)/b10-8+. The molecule has 120 valence electrons. The zero-order valence-corrected chi connectivity index (χ0v) is 13.6. The number of pyridine rings is 1. The summed E-state index contributed by atoms with van der Waals surface area (Å²) in [7, 11) is 0. The smallest absolute Gasteiger partial charge is 0.244 e. The van der Waals surface area contributed by atoms with E-state index in [1.807, 2.05) is 37.3 Å². The Labute approximate surface area is 140 Å². The third-order valence-corrected chi connectivity index (χ3v) is 3.55. The topological polar surface area (TPSA) is 62.2 Å². The van der Waals surface area contributed by atoms with Crippen molar-refractivity contribution >= 4 is 23.6 Å². The van der Waals surface area contributed by atoms with Crippen molar-refractivity contribution in [2.45, 2.75) is 25.5 Å². The van der Waals surface area contributed by atoms with Crippen molar-refractivity contribution in [3.05, 3.63) is 71.0 Å². The zero-order valence-electron chi connectivity index (χ0n) is 12.8. The highest BCUT2D eigenvalue weighted by atomic mass is 35.5. The number of hydrogen-bond acceptors (Lipinski definition) is 3. The molecule has 2 rings (SSSR count). The van der Waals surface area contributed by atoms with Gasteiger partial charge in [-0.2, -0.15) is 0 Å². The molecular weight excluding hydrogens is 312 g/mol. The van der Waals surface area contributed by atoms with Gasteiger partial charge in [0, 0.05) is 18.3 Å². The largest absolute Gasteiger partial charge is 0.388 e. The molecule has 0 aliphatic heterocycles. The van der Waals surface area contributed by atoms with Gasteiger partial charge >= 0.3 is 0 Å². The first-order valence-corrected chi connectivity index (χ1v) is 7.75. The minimum atomic E-state index is -0.601. The third kappa shape index (κ3) is 5.85. The van der Waals surface area contributed by atoms with Crippen LogP contribution in [0.4, 0.5) is 0 Å². The fourth-order valence-electron chi connectivity index (χ4n) is 2.15. The number of halogens is 1. The van der Waals surface area contributed by atoms with Crippen LogP contribution in [0.5, 0.6) is 0 Å². The average molecular weight is 331 g/mol. The van der Waals surface area contributed by atoms with Gasteiger partial charge in [-0.15, -0.1) is 0 Å². The number of nitrogens with zero attached hydrogens (tertiary/aromatic N) is 1. The molecule has 5 heteroatoms. The van der Waals surface area contributed by atoms with E-state index in [1.165, 1.54) is 6.08 Å². The molecule has 0 bridgehead atoms. The second kappa shape index (κ2) is 8.46. The first kappa shape index (κ1) is 17.2. The molecule has 4 nitrogen and oxygen atoms in total. The van der Waals surface area contributed by atoms with Crippen LogP contribution in [0.2, 0.25) is 5.15 Å². The first-order valence-electron chi connectivity index (χ1n) is 7.38. The molecule has 0 saturated carbocycles. The molecule has 0 saturated heterocycles. The van der Waals surface area contributed by atoms with Crippen LogP contribution in [0, 0.1) is 0 Å². The van der Waals surface area contributed by atoms with Gasteiger partial charge in [0.05, 0.1) is 6.10 Å². The highest BCUT2D eigenvalue weighted by molar-refractivity contribution is 6.29. The van der Waals surface area contributed by atoms with Gasteiger partial charge in [0.1, 0.15) is 5.15 Å². The summed E-state index contributed by atoms with van der Waals surface area (Å²) >= 11 is 5.70. The molecule has 1 aromatic heterocycles. The Balaban J connectivity index is 1.83. The molecule has 23 heavy (non-hydrogen) atoms. The van der Waals surface area contributed by atoms with Crippen molar-refractivity contribution in [3.8, 4) is 0 Å². The van der Waals surface area contributed by atoms with Crippen LogP contribution in [0.1, 0.15) is 30.6 Å². The third-order valence-electron chi connectivity index (χ3n) is 3.33. The molecule has 1 heterocycles. The van der Waals surface area contributed by atoms with Crippen LogP contribution >= 0.6 is 11.6 Å². The molecule has 2 N–H and O–H groups in total. The number of aliphatic hydroxyl groups is 1. The second-order valence-corrected chi connectivity index (χ2v) is 5.71. The lowest BCUT2D eigenvalue weighted by atomic mass is 10.0. The Morgan fingerprint density at radius 2 is 2.04 bits per heavy atom. The predicted octanol–water partition coefficient (Wildman–Crippen LogP) is 3.38. The van der Waals surface area contributed by atoms with Crippen molar-refractivity contribution in [1.82, 2.24) is 10.3 Å². The summed E-state index contributed by atoms with van der Waals surface area (Å²) in [6, 6.07) is 12.7. The highest BCUT2D eigenvalue weighted by Gasteiger charge is 2.13. The predicted molar refractivity (Wildman–Crippen MR) is 91.9 cm³/mol. The Hall–Kier alpha value is -2.17. The van der Waals surface area contributed by atoms with E-state index in [-0.39, 0.29) is 11.9 Å². The molecule has 0 aliphatic rings. The summed E-state index contributed by atoms with van der Waals surface area (Å²) in [6.45, 7) is 1.86. The quantitative estimate of drug-likeness (QED) is 0.630. The number of nitrogens with one attached hydrogen (secondary N) is 1. The molecule has 0 radical (unpaired) electrons. The van der Waals surface area contributed by atoms with Crippen molar-refractivity contribution < 1.29 is 9.90 Å². The summed E-state index contributed by atoms with van der Waals surface area (Å²) in [5.74, 6) is -0.215. The molecule has 1 amide bonds. The SMILES string of the molecule is CC(CC(O)c1ccccc1)NC(=O)/C=C/c1ccc(Cl)nc1. The number of aromatic nitrogens is 1. The molecule has 1 aromatic carbocycles. The van der Waals surface area contributed by atoms with Crippen LogP contribution in [-0.4, -0.2) is 22.0 Å². The van der Waals surface area contributed by atoms with Crippen LogP contribution in [0.25, 0.3) is 6.08 Å². The number of hydrogen-bond donors (Lipinski definition) is 2. The van der Waals surface area contributed by atoms with Gasteiger partial charge in [0.2, 0.25) is 5.91 Å². The second-order valence-electron chi connectivity index (χ2n) is 5.32. The molecule has 0 aliphatic carbocycles. The van der Waals surface area contributed by atoms with Gasteiger partial charge in [-0.25, -0.2) is 4.98 Å². The van der Waals surface area contributed by atoms with E-state index in [0.717, 1.165) is 11.1 Å². The van der Waals surface area contributed by atoms with Gasteiger partial charge < -0.3 is 10.4 Å². The lowest BCUT2D eigenvalue weighted by Gasteiger charge is -2.17. The Morgan fingerprint density at radius 1 is 1.30 bits per heavy atom. The maximum atomic E-state index is 11.9. The molecule has 2 atom stereocenters. The molecule has 0 fully saturated rings. The van der Waals surface area contributed by atoms with Crippen LogP contribution in [-0.2, 0) is 4.79 Å². The van der Waals surface area contributed by atoms with Crippen molar-refractivity contribution in [2.24, 2.45) is 0 Å². The van der Waals surface area contributed by atoms with E-state index in [4.69, 9.17) is 11.6 Å². The number of benzene rings is 1. The average Bonchev–Trinajstić information content (AvgIpc) is 2.55. The number of carbonyl (C=O) groups is 1. The molecular formula is C18H19ClN2O2. The fraction of sp³-hybridized carbons (Fsp3) is 0.222. The summed E-state index contributed by atoms with van der Waals surface area (Å²) < 4.78 is 0. The van der Waals surface area contributed by atoms with E-state index in [1.54, 1.807) is 24.4 Å². The minimum absolute atomic E-state index is 0.148. The van der Waals surface area contributed by atoms with E-state index in [2.05, 4.69) is 10.3 Å². The number of amides is 1. The Morgan fingerprint density at radius 3 is 2.70 bits per heavy atom. The van der Waals surface area contributed by atoms with Crippen molar-refractivity contribution in [3.63, 3.8) is 0 Å². The molecule has 2 aromatic rings. The van der Waals surface area contributed by atoms with Gasteiger partial charge in [0.25, 0.3) is 0 Å². The van der Waals surface area contributed by atoms with Gasteiger partial charge in [0.15, 0.2) is 0 Å². The van der Waals surface area contributed by atoms with Crippen LogP contribution in [0.3, 0.4) is 0 Å². The summed E-state index contributed by atoms with van der Waals surface area (Å²) in [6.07, 6.45) is 4.55. The number of rotatable bonds is 6. The molecule has 2 unspecified atom stereocenters. The Kier molecular flexibility index (Phi) is 6.32. The number of aliphatic hydroxyl groups excluding tert-OH is 1. The van der Waals surface area contributed by atoms with Gasteiger partial charge in [-0.3, -0.25) is 4.79 Å². The maximum Gasteiger partial charge on any atom is 0.244 e. The van der Waals surface area contributed by atoms with Crippen molar-refractivity contribution in [1.29, 1.82) is 0 Å². The van der Waals surface area contributed by atoms with E-state index in [9.17, 15) is 9.90 Å². The van der Waals surface area contributed by atoms with E-state index in [0.29, 0.717) is 11.6 Å². The fourth-order valence-corrected chi connectivity index (χ4v) is 2.27. The summed E-state index contributed by atoms with van der Waals surface area (Å²) in [5.41, 5.74) is 1.64. The van der Waals surface area contributed by atoms with Crippen LogP contribution in [0.15, 0.2) is 54.7 Å². The lowest BCUT2D eigenvalue weighted by Crippen LogP contribution is -2.32. The molecule has 0 spiro atoms. The number of carbonyl (C=O) groups excluding carboxylic acids is 1. The monoisotopic (exact) mass is 330 g/mol. The highest BCUT2D eigenvalue weighted by Crippen LogP contribution is 2.17. The lowest BCUT2D eigenvalue weighted by molar-refractivity contribution is -0.117. The normalized spacial score (nSPS) is 13.7. The zero-order chi connectivity index (χ0) is 16.7. The van der Waals surface area contributed by atoms with Gasteiger partial charge in [-0.05, 0) is 36.6 Å². The Bertz CT molecular complexity index is 656. The first-order chi connectivity index (χ1) is 11.0. The summed E-state index contributed by atoms with van der Waals surface area (Å²) in [5, 5.41) is 13.4. The van der Waals surface area contributed by atoms with E-state index < -0.39 is 6.10 Å². The van der Waals surface area contributed by atoms with Crippen molar-refractivity contribution in [2.75, 3.05) is 0 Å².